The van der Waals surface area contributed by atoms with E-state index in [0.717, 1.165) is 16.9 Å². The predicted molar refractivity (Wildman–Crippen MR) is 108 cm³/mol. The van der Waals surface area contributed by atoms with Crippen molar-refractivity contribution in [3.8, 4) is 17.2 Å². The zero-order valence-corrected chi connectivity index (χ0v) is 17.2. The van der Waals surface area contributed by atoms with E-state index in [4.69, 9.17) is 4.74 Å². The van der Waals surface area contributed by atoms with Gasteiger partial charge in [-0.3, -0.25) is 4.79 Å². The highest BCUT2D eigenvalue weighted by Gasteiger charge is 2.23. The first kappa shape index (κ1) is 21.3. The Bertz CT molecular complexity index is 1040. The number of para-hydroxylation sites is 1. The number of aryl methyl sites for hydroxylation is 1. The first-order chi connectivity index (χ1) is 14.3. The highest BCUT2D eigenvalue weighted by Crippen LogP contribution is 2.30. The number of halogens is 2. The lowest BCUT2D eigenvalue weighted by Crippen LogP contribution is -2.27. The Morgan fingerprint density at radius 2 is 1.83 bits per heavy atom. The molecule has 2 aromatic carbocycles. The lowest BCUT2D eigenvalue weighted by molar-refractivity contribution is -0.0512. The second-order valence-electron chi connectivity index (χ2n) is 6.82. The third kappa shape index (κ3) is 4.42. The van der Waals surface area contributed by atoms with E-state index in [2.05, 4.69) is 9.84 Å². The van der Waals surface area contributed by atoms with Gasteiger partial charge in [0.1, 0.15) is 0 Å². The summed E-state index contributed by atoms with van der Waals surface area (Å²) in [5.41, 5.74) is 3.50. The summed E-state index contributed by atoms with van der Waals surface area (Å²) in [6.45, 7) is 0.973. The molecule has 1 aromatic heterocycles. The number of ether oxygens (including phenoxy) is 2. The van der Waals surface area contributed by atoms with E-state index in [1.54, 1.807) is 35.7 Å². The maximum atomic E-state index is 13.1. The fourth-order valence-corrected chi connectivity index (χ4v) is 3.31. The molecule has 0 unspecified atom stereocenters. The smallest absolute Gasteiger partial charge is 0.387 e. The molecule has 0 spiro atoms. The monoisotopic (exact) mass is 415 g/mol. The van der Waals surface area contributed by atoms with Crippen LogP contribution in [-0.4, -0.2) is 41.4 Å². The van der Waals surface area contributed by atoms with Gasteiger partial charge in [-0.2, -0.15) is 13.9 Å². The largest absolute Gasteiger partial charge is 0.493 e. The predicted octanol–water partition coefficient (Wildman–Crippen LogP) is 4.37. The summed E-state index contributed by atoms with van der Waals surface area (Å²) < 4.78 is 36.3. The molecule has 6 nitrogen and oxygen atoms in total. The number of alkyl halides is 2. The molecule has 3 aromatic rings. The topological polar surface area (TPSA) is 56.6 Å². The summed E-state index contributed by atoms with van der Waals surface area (Å²) in [5.74, 6) is -0.0574. The van der Waals surface area contributed by atoms with E-state index >= 15 is 0 Å². The number of aromatic nitrogens is 2. The molecule has 0 fully saturated rings. The van der Waals surface area contributed by atoms with E-state index in [0.29, 0.717) is 11.3 Å². The van der Waals surface area contributed by atoms with Crippen molar-refractivity contribution in [2.24, 2.45) is 0 Å². The second kappa shape index (κ2) is 8.94. The Labute approximate surface area is 173 Å². The Balaban J connectivity index is 1.82. The number of rotatable bonds is 7. The molecule has 0 bridgehead atoms. The van der Waals surface area contributed by atoms with Crippen LogP contribution in [0.1, 0.15) is 27.3 Å². The van der Waals surface area contributed by atoms with Crippen molar-refractivity contribution in [3.63, 3.8) is 0 Å². The summed E-state index contributed by atoms with van der Waals surface area (Å²) in [6.07, 6.45) is 0. The molecular formula is C22H23F2N3O3. The van der Waals surface area contributed by atoms with Crippen molar-refractivity contribution in [1.82, 2.24) is 14.7 Å². The van der Waals surface area contributed by atoms with E-state index in [1.165, 1.54) is 13.2 Å². The number of methoxy groups -OCH3 is 1. The maximum Gasteiger partial charge on any atom is 0.387 e. The van der Waals surface area contributed by atoms with Gasteiger partial charge in [0.15, 0.2) is 11.5 Å². The van der Waals surface area contributed by atoms with Crippen LogP contribution in [0.3, 0.4) is 0 Å². The number of hydrogen-bond donors (Lipinski definition) is 0. The number of amides is 1. The first-order valence-electron chi connectivity index (χ1n) is 9.30. The van der Waals surface area contributed by atoms with Crippen LogP contribution in [0.15, 0.2) is 48.5 Å². The third-order valence-corrected chi connectivity index (χ3v) is 4.72. The third-order valence-electron chi connectivity index (χ3n) is 4.72. The molecule has 0 aliphatic heterocycles. The lowest BCUT2D eigenvalue weighted by atomic mass is 10.1. The lowest BCUT2D eigenvalue weighted by Gasteiger charge is -2.19. The van der Waals surface area contributed by atoms with Gasteiger partial charge in [-0.1, -0.05) is 24.3 Å². The molecule has 0 saturated carbocycles. The number of carbonyl (C=O) groups is 1. The number of nitrogens with zero attached hydrogens (tertiary/aromatic N) is 3. The minimum atomic E-state index is -2.94. The fraction of sp³-hybridized carbons (Fsp3) is 0.273. The first-order valence-corrected chi connectivity index (χ1v) is 9.30. The van der Waals surface area contributed by atoms with Crippen molar-refractivity contribution >= 4 is 5.91 Å². The van der Waals surface area contributed by atoms with Crippen LogP contribution >= 0.6 is 0 Å². The molecule has 1 heterocycles. The van der Waals surface area contributed by atoms with Gasteiger partial charge in [-0.05, 0) is 43.7 Å². The Morgan fingerprint density at radius 1 is 1.13 bits per heavy atom. The summed E-state index contributed by atoms with van der Waals surface area (Å²) in [6, 6.07) is 14.2. The molecule has 1 amide bonds. The Morgan fingerprint density at radius 3 is 2.47 bits per heavy atom. The fourth-order valence-electron chi connectivity index (χ4n) is 3.31. The standard InChI is InChI=1S/C22H23F2N3O3/c1-14-20(15(2)27(25-14)17-8-6-5-7-9-17)21(28)26(3)13-16-10-11-18(30-22(23)24)19(12-16)29-4/h5-12,22H,13H2,1-4H3. The molecule has 0 aliphatic carbocycles. The molecule has 3 rings (SSSR count). The Hall–Kier alpha value is -3.42. The molecule has 30 heavy (non-hydrogen) atoms. The van der Waals surface area contributed by atoms with Crippen LogP contribution in [0.5, 0.6) is 11.5 Å². The average molecular weight is 415 g/mol. The molecule has 0 N–H and O–H groups in total. The van der Waals surface area contributed by atoms with E-state index in [1.807, 2.05) is 37.3 Å². The van der Waals surface area contributed by atoms with Gasteiger partial charge in [0.25, 0.3) is 5.91 Å². The van der Waals surface area contributed by atoms with Crippen LogP contribution in [0, 0.1) is 13.8 Å². The van der Waals surface area contributed by atoms with Crippen molar-refractivity contribution < 1.29 is 23.0 Å². The molecule has 0 atom stereocenters. The summed E-state index contributed by atoms with van der Waals surface area (Å²) >= 11 is 0. The molecule has 0 radical (unpaired) electrons. The molecule has 0 saturated heterocycles. The van der Waals surface area contributed by atoms with Gasteiger partial charge in [-0.25, -0.2) is 4.68 Å². The quantitative estimate of drug-likeness (QED) is 0.575. The maximum absolute atomic E-state index is 13.1. The van der Waals surface area contributed by atoms with Gasteiger partial charge in [-0.15, -0.1) is 0 Å². The second-order valence-corrected chi connectivity index (χ2v) is 6.82. The van der Waals surface area contributed by atoms with E-state index in [9.17, 15) is 13.6 Å². The number of hydrogen-bond acceptors (Lipinski definition) is 4. The highest BCUT2D eigenvalue weighted by atomic mass is 19.3. The normalized spacial score (nSPS) is 10.9. The van der Waals surface area contributed by atoms with Crippen LogP contribution < -0.4 is 9.47 Å². The highest BCUT2D eigenvalue weighted by molar-refractivity contribution is 5.96. The van der Waals surface area contributed by atoms with Crippen LogP contribution in [-0.2, 0) is 6.54 Å². The summed E-state index contributed by atoms with van der Waals surface area (Å²) in [5, 5.41) is 4.52. The Kier molecular flexibility index (Phi) is 6.34. The van der Waals surface area contributed by atoms with Crippen molar-refractivity contribution in [1.29, 1.82) is 0 Å². The van der Waals surface area contributed by atoms with Crippen molar-refractivity contribution in [3.05, 3.63) is 71.0 Å². The van der Waals surface area contributed by atoms with Crippen LogP contribution in [0.2, 0.25) is 0 Å². The summed E-state index contributed by atoms with van der Waals surface area (Å²) in [4.78, 5) is 14.7. The summed E-state index contributed by atoms with van der Waals surface area (Å²) in [7, 11) is 3.05. The van der Waals surface area contributed by atoms with E-state index < -0.39 is 6.61 Å². The van der Waals surface area contributed by atoms with Crippen LogP contribution in [0.4, 0.5) is 8.78 Å². The van der Waals surface area contributed by atoms with Crippen molar-refractivity contribution in [2.75, 3.05) is 14.2 Å². The zero-order valence-electron chi connectivity index (χ0n) is 17.2. The van der Waals surface area contributed by atoms with Gasteiger partial charge in [0.05, 0.1) is 29.7 Å². The van der Waals surface area contributed by atoms with Gasteiger partial charge in [0.2, 0.25) is 0 Å². The van der Waals surface area contributed by atoms with Crippen LogP contribution in [0.25, 0.3) is 5.69 Å². The number of carbonyl (C=O) groups excluding carboxylic acids is 1. The minimum Gasteiger partial charge on any atom is -0.493 e. The van der Waals surface area contributed by atoms with Gasteiger partial charge >= 0.3 is 6.61 Å². The number of benzene rings is 2. The molecular weight excluding hydrogens is 392 g/mol. The van der Waals surface area contributed by atoms with Gasteiger partial charge in [0, 0.05) is 13.6 Å². The minimum absolute atomic E-state index is 0.0546. The molecule has 8 heteroatoms. The SMILES string of the molecule is COc1cc(CN(C)C(=O)c2c(C)nn(-c3ccccc3)c2C)ccc1OC(F)F. The van der Waals surface area contributed by atoms with E-state index in [-0.39, 0.29) is 24.0 Å². The molecule has 0 aliphatic rings. The van der Waals surface area contributed by atoms with Gasteiger partial charge < -0.3 is 14.4 Å². The average Bonchev–Trinajstić information content (AvgIpc) is 3.02. The zero-order chi connectivity index (χ0) is 21.8. The van der Waals surface area contributed by atoms with Crippen molar-refractivity contribution in [2.45, 2.75) is 27.0 Å². The molecule has 158 valence electrons.